The van der Waals surface area contributed by atoms with Crippen LogP contribution < -0.4 is 5.73 Å². The molecule has 5 unspecified atom stereocenters. The number of ketones is 2. The maximum Gasteiger partial charge on any atom is 0.255 e. The zero-order chi connectivity index (χ0) is 29.3. The van der Waals surface area contributed by atoms with Crippen LogP contribution in [0.1, 0.15) is 27.0 Å². The van der Waals surface area contributed by atoms with Crippen molar-refractivity contribution < 1.29 is 44.7 Å². The molecule has 0 aromatic heterocycles. The van der Waals surface area contributed by atoms with Crippen LogP contribution in [0.25, 0.3) is 17.4 Å². The Morgan fingerprint density at radius 1 is 1.05 bits per heavy atom. The number of amides is 1. The first-order chi connectivity index (χ1) is 18.9. The lowest BCUT2D eigenvalue weighted by atomic mass is 9.55. The number of likely N-dealkylation sites (N-methyl/N-ethyl adjacent to an activating group) is 1. The summed E-state index contributed by atoms with van der Waals surface area (Å²) in [4.78, 5) is 52.3. The average Bonchev–Trinajstić information content (AvgIpc) is 2.90. The van der Waals surface area contributed by atoms with E-state index >= 15 is 0 Å². The summed E-state index contributed by atoms with van der Waals surface area (Å²) in [5, 5.41) is 56.7. The monoisotopic (exact) mass is 546 g/mol. The third kappa shape index (κ3) is 3.55. The zero-order valence-electron chi connectivity index (χ0n) is 21.4. The Morgan fingerprint density at radius 3 is 2.33 bits per heavy atom. The van der Waals surface area contributed by atoms with Gasteiger partial charge in [0.25, 0.3) is 5.91 Å². The summed E-state index contributed by atoms with van der Waals surface area (Å²) in [6.07, 6.45) is 0.409. The van der Waals surface area contributed by atoms with Gasteiger partial charge in [0, 0.05) is 11.5 Å². The first-order valence-electron chi connectivity index (χ1n) is 12.3. The molecule has 5 atom stereocenters. The molecule has 11 nitrogen and oxygen atoms in total. The van der Waals surface area contributed by atoms with E-state index in [9.17, 15) is 44.7 Å². The number of aromatic hydroxyl groups is 1. The van der Waals surface area contributed by atoms with Crippen LogP contribution in [0.4, 0.5) is 0 Å². The fourth-order valence-electron chi connectivity index (χ4n) is 6.21. The first-order valence-corrected chi connectivity index (χ1v) is 12.3. The zero-order valence-corrected chi connectivity index (χ0v) is 21.4. The van der Waals surface area contributed by atoms with E-state index in [4.69, 9.17) is 5.73 Å². The maximum absolute atomic E-state index is 14.1. The molecule has 0 radical (unpaired) electrons. The molecule has 2 aromatic rings. The van der Waals surface area contributed by atoms with Crippen molar-refractivity contribution in [3.05, 3.63) is 81.6 Å². The Hall–Kier alpha value is -4.58. The quantitative estimate of drug-likeness (QED) is 0.235. The molecule has 1 fully saturated rings. The van der Waals surface area contributed by atoms with Crippen LogP contribution in [0.15, 0.2) is 59.4 Å². The van der Waals surface area contributed by atoms with Gasteiger partial charge in [0.15, 0.2) is 11.4 Å². The number of benzene rings is 2. The van der Waals surface area contributed by atoms with Crippen LogP contribution in [0.5, 0.6) is 5.75 Å². The molecule has 1 amide bonds. The number of aldehydes is 1. The molecular formula is C29H26N2O9. The largest absolute Gasteiger partial charge is 0.508 e. The van der Waals surface area contributed by atoms with Gasteiger partial charge < -0.3 is 31.3 Å². The Balaban J connectivity index is 1.86. The van der Waals surface area contributed by atoms with Crippen molar-refractivity contribution in [3.8, 4) is 5.75 Å². The van der Waals surface area contributed by atoms with Crippen molar-refractivity contribution in [2.24, 2.45) is 17.6 Å². The number of carbonyl (C=O) groups excluding carboxylic acids is 4. The number of fused-ring (bicyclic) bond motifs is 3. The molecule has 40 heavy (non-hydrogen) atoms. The van der Waals surface area contributed by atoms with E-state index in [0.29, 0.717) is 17.4 Å². The minimum Gasteiger partial charge on any atom is -0.508 e. The predicted octanol–water partition coefficient (Wildman–Crippen LogP) is 0.745. The van der Waals surface area contributed by atoms with Crippen LogP contribution in [0.2, 0.25) is 0 Å². The second-order valence-corrected chi connectivity index (χ2v) is 10.3. The van der Waals surface area contributed by atoms with Gasteiger partial charge in [-0.3, -0.25) is 24.1 Å². The van der Waals surface area contributed by atoms with Crippen LogP contribution >= 0.6 is 0 Å². The van der Waals surface area contributed by atoms with Gasteiger partial charge >= 0.3 is 0 Å². The molecular weight excluding hydrogens is 520 g/mol. The van der Waals surface area contributed by atoms with Gasteiger partial charge in [-0.1, -0.05) is 36.4 Å². The third-order valence-electron chi connectivity index (χ3n) is 7.90. The molecule has 0 aliphatic heterocycles. The normalized spacial score (nSPS) is 28.9. The van der Waals surface area contributed by atoms with Gasteiger partial charge in [-0.15, -0.1) is 0 Å². The number of phenols is 1. The lowest BCUT2D eigenvalue weighted by Crippen LogP contribution is -2.70. The number of primary amides is 1. The Morgan fingerprint density at radius 2 is 1.70 bits per heavy atom. The fourth-order valence-corrected chi connectivity index (χ4v) is 6.21. The summed E-state index contributed by atoms with van der Waals surface area (Å²) in [6.45, 7) is 0. The van der Waals surface area contributed by atoms with Gasteiger partial charge in [-0.25, -0.2) is 0 Å². The van der Waals surface area contributed by atoms with Crippen LogP contribution in [-0.4, -0.2) is 86.0 Å². The van der Waals surface area contributed by atoms with Crippen molar-refractivity contribution in [1.82, 2.24) is 4.90 Å². The van der Waals surface area contributed by atoms with Crippen molar-refractivity contribution in [2.75, 3.05) is 14.1 Å². The SMILES string of the molecule is CN(C)C1C(=O)C(C(N)=O)=C(O)C2(O)C(=O)C3=C(O)c4c(O)cccc4/C(=C\c4cccc(C=O)c4)C3C(O)C12. The second-order valence-electron chi connectivity index (χ2n) is 10.3. The van der Waals surface area contributed by atoms with E-state index in [2.05, 4.69) is 0 Å². The van der Waals surface area contributed by atoms with Crippen LogP contribution in [-0.2, 0) is 14.4 Å². The summed E-state index contributed by atoms with van der Waals surface area (Å²) >= 11 is 0. The first kappa shape index (κ1) is 27.0. The molecule has 0 heterocycles. The summed E-state index contributed by atoms with van der Waals surface area (Å²) in [6, 6.07) is 9.24. The number of nitrogens with two attached hydrogens (primary N) is 1. The molecule has 0 saturated heterocycles. The van der Waals surface area contributed by atoms with E-state index in [1.54, 1.807) is 36.4 Å². The highest BCUT2D eigenvalue weighted by Gasteiger charge is 2.68. The highest BCUT2D eigenvalue weighted by molar-refractivity contribution is 6.25. The second kappa shape index (κ2) is 9.26. The van der Waals surface area contributed by atoms with Crippen molar-refractivity contribution in [2.45, 2.75) is 17.7 Å². The van der Waals surface area contributed by atoms with Crippen LogP contribution in [0.3, 0.4) is 0 Å². The Labute approximate surface area is 227 Å². The van der Waals surface area contributed by atoms with Gasteiger partial charge in [-0.2, -0.15) is 0 Å². The molecule has 5 rings (SSSR count). The van der Waals surface area contributed by atoms with Gasteiger partial charge in [0.05, 0.1) is 29.2 Å². The standard InChI is InChI=1S/C29H26N2O9/c1-31(2)22-21-24(35)18-15(10-12-5-3-6-13(9-12)11-32)14-7-4-8-16(33)17(14)23(34)19(18)26(37)29(21,40)27(38)20(25(22)36)28(30)39/h3-11,18,21-22,24,33-35,38,40H,1-2H3,(H2,30,39)/b15-10+. The lowest BCUT2D eigenvalue weighted by molar-refractivity contribution is -0.166. The minimum absolute atomic E-state index is 0.163. The van der Waals surface area contributed by atoms with Crippen molar-refractivity contribution in [3.63, 3.8) is 0 Å². The van der Waals surface area contributed by atoms with E-state index < -0.39 is 75.5 Å². The molecule has 11 heteroatoms. The van der Waals surface area contributed by atoms with E-state index in [-0.39, 0.29) is 16.7 Å². The Bertz CT molecular complexity index is 1600. The Kier molecular flexibility index (Phi) is 6.25. The summed E-state index contributed by atoms with van der Waals surface area (Å²) in [7, 11) is 2.86. The van der Waals surface area contributed by atoms with Gasteiger partial charge in [0.1, 0.15) is 29.1 Å². The number of phenolic OH excluding ortho intramolecular Hbond substituents is 1. The molecule has 7 N–H and O–H groups in total. The summed E-state index contributed by atoms with van der Waals surface area (Å²) in [5.74, 6) is -9.18. The number of hydrogen-bond acceptors (Lipinski definition) is 10. The topological polar surface area (TPSA) is 199 Å². The number of carbonyl (C=O) groups is 4. The molecule has 3 aliphatic carbocycles. The number of nitrogens with zero attached hydrogens (tertiary/aromatic N) is 1. The van der Waals surface area contributed by atoms with Crippen molar-refractivity contribution in [1.29, 1.82) is 0 Å². The number of aliphatic hydroxyl groups excluding tert-OH is 3. The van der Waals surface area contributed by atoms with Crippen LogP contribution in [0, 0.1) is 11.8 Å². The number of Topliss-reactive ketones (excluding diaryl/α,β-unsaturated/α-hetero) is 2. The fraction of sp³-hybridized carbons (Fsp3) is 0.241. The van der Waals surface area contributed by atoms with E-state index in [1.807, 2.05) is 0 Å². The molecule has 0 bridgehead atoms. The molecule has 3 aliphatic rings. The lowest BCUT2D eigenvalue weighted by Gasteiger charge is -2.53. The summed E-state index contributed by atoms with van der Waals surface area (Å²) in [5.41, 5.74) is 1.94. The molecule has 2 aromatic carbocycles. The molecule has 1 saturated carbocycles. The smallest absolute Gasteiger partial charge is 0.255 e. The number of aliphatic hydroxyl groups is 4. The highest BCUT2D eigenvalue weighted by Crippen LogP contribution is 2.56. The van der Waals surface area contributed by atoms with E-state index in [0.717, 1.165) is 0 Å². The van der Waals surface area contributed by atoms with Crippen molar-refractivity contribution >= 4 is 41.2 Å². The minimum atomic E-state index is -3.02. The number of rotatable bonds is 4. The third-order valence-corrected chi connectivity index (χ3v) is 7.90. The van der Waals surface area contributed by atoms with Gasteiger partial charge in [-0.05, 0) is 42.9 Å². The number of hydrogen-bond donors (Lipinski definition) is 6. The average molecular weight is 547 g/mol. The summed E-state index contributed by atoms with van der Waals surface area (Å²) < 4.78 is 0. The highest BCUT2D eigenvalue weighted by atomic mass is 16.4. The van der Waals surface area contributed by atoms with E-state index in [1.165, 1.54) is 31.1 Å². The predicted molar refractivity (Wildman–Crippen MR) is 142 cm³/mol. The maximum atomic E-state index is 14.1. The molecule has 0 spiro atoms. The molecule has 206 valence electrons. The van der Waals surface area contributed by atoms with Gasteiger partial charge in [0.2, 0.25) is 5.78 Å².